The number of hydrogen-bond donors (Lipinski definition) is 5. The molecule has 5 N–H and O–H groups in total. The highest BCUT2D eigenvalue weighted by molar-refractivity contribution is 6.10. The molecule has 5 rings (SSSR count). The maximum Gasteiger partial charge on any atom is 0.484 e. The molecule has 49 heavy (non-hydrogen) atoms. The van der Waals surface area contributed by atoms with Crippen molar-refractivity contribution >= 4 is 23.2 Å². The van der Waals surface area contributed by atoms with Gasteiger partial charge in [-0.15, -0.1) is 0 Å². The molecule has 266 valence electrons. The third-order valence-electron chi connectivity index (χ3n) is 10.7. The Morgan fingerprint density at radius 1 is 1.08 bits per heavy atom. The predicted molar refractivity (Wildman–Crippen MR) is 156 cm³/mol. The van der Waals surface area contributed by atoms with Crippen LogP contribution in [-0.2, 0) is 22.2 Å². The Kier molecular flexibility index (Phi) is 8.28. The summed E-state index contributed by atoms with van der Waals surface area (Å²) in [6, 6.07) is 5.05. The number of aliphatic hydroxyl groups excluding tert-OH is 2. The van der Waals surface area contributed by atoms with E-state index in [0.717, 1.165) is 12.1 Å². The van der Waals surface area contributed by atoms with Crippen molar-refractivity contribution in [1.29, 1.82) is 0 Å². The molecule has 3 aliphatic rings. The summed E-state index contributed by atoms with van der Waals surface area (Å²) in [6.07, 6.45) is -16.1. The summed E-state index contributed by atoms with van der Waals surface area (Å²) in [4.78, 5) is 51.8. The molecule has 2 aromatic rings. The van der Waals surface area contributed by atoms with Gasteiger partial charge in [0.25, 0.3) is 5.69 Å². The summed E-state index contributed by atoms with van der Waals surface area (Å²) in [5, 5.41) is 58.5. The average Bonchev–Trinajstić information content (AvgIpc) is 2.93. The first kappa shape index (κ1) is 36.2. The quantitative estimate of drug-likeness (QED) is 0.102. The molecule has 2 saturated carbocycles. The molecule has 0 aliphatic heterocycles. The number of benzene rings is 2. The zero-order valence-corrected chi connectivity index (χ0v) is 26.3. The van der Waals surface area contributed by atoms with Crippen LogP contribution in [0, 0.1) is 44.6 Å². The van der Waals surface area contributed by atoms with Gasteiger partial charge in [-0.2, -0.15) is 26.3 Å². The maximum atomic E-state index is 14.3. The van der Waals surface area contributed by atoms with E-state index in [1.54, 1.807) is 0 Å². The van der Waals surface area contributed by atoms with Gasteiger partial charge in [-0.05, 0) is 52.8 Å². The summed E-state index contributed by atoms with van der Waals surface area (Å²) in [7, 11) is 0. The molecule has 11 nitrogen and oxygen atoms in total. The second kappa shape index (κ2) is 11.2. The normalized spacial score (nSPS) is 33.1. The van der Waals surface area contributed by atoms with E-state index in [2.05, 4.69) is 0 Å². The largest absolute Gasteiger partial charge is 0.507 e. The van der Waals surface area contributed by atoms with Gasteiger partial charge in [-0.3, -0.25) is 29.8 Å². The third-order valence-corrected chi connectivity index (χ3v) is 10.7. The van der Waals surface area contributed by atoms with E-state index in [9.17, 15) is 71.3 Å². The highest BCUT2D eigenvalue weighted by Gasteiger charge is 2.76. The second-order valence-corrected chi connectivity index (χ2v) is 14.0. The maximum absolute atomic E-state index is 14.3. The van der Waals surface area contributed by atoms with Crippen molar-refractivity contribution in [3.05, 3.63) is 57.1 Å². The number of fused-ring (bicyclic) bond motifs is 3. The van der Waals surface area contributed by atoms with Crippen LogP contribution in [0.3, 0.4) is 0 Å². The number of phenols is 1. The van der Waals surface area contributed by atoms with Crippen LogP contribution in [0.5, 0.6) is 5.75 Å². The van der Waals surface area contributed by atoms with Gasteiger partial charge in [0.05, 0.1) is 28.1 Å². The molecule has 3 aliphatic carbocycles. The number of carbonyl (C=O) groups excluding carboxylic acids is 3. The minimum Gasteiger partial charge on any atom is -0.507 e. The van der Waals surface area contributed by atoms with Crippen LogP contribution in [0.15, 0.2) is 30.3 Å². The second-order valence-electron chi connectivity index (χ2n) is 14.0. The van der Waals surface area contributed by atoms with Crippen LogP contribution in [0.25, 0.3) is 11.1 Å². The number of alkyl halides is 6. The Morgan fingerprint density at radius 3 is 2.22 bits per heavy atom. The van der Waals surface area contributed by atoms with E-state index in [0.29, 0.717) is 11.4 Å². The number of carbonyl (C=O) groups is 3. The van der Waals surface area contributed by atoms with Crippen LogP contribution in [0.4, 0.5) is 32.0 Å². The van der Waals surface area contributed by atoms with Crippen molar-refractivity contribution in [2.75, 3.05) is 0 Å². The van der Waals surface area contributed by atoms with Crippen molar-refractivity contribution in [2.24, 2.45) is 34.5 Å². The van der Waals surface area contributed by atoms with Crippen molar-refractivity contribution in [3.8, 4) is 16.9 Å². The van der Waals surface area contributed by atoms with Crippen molar-refractivity contribution in [2.45, 2.75) is 70.8 Å². The van der Waals surface area contributed by atoms with Crippen molar-refractivity contribution in [3.63, 3.8) is 0 Å². The smallest absolute Gasteiger partial charge is 0.484 e. The minimum absolute atomic E-state index is 0.119. The Balaban J connectivity index is 1.77. The fraction of sp³-hybridized carbons (Fsp3) is 0.531. The topological polar surface area (TPSA) is 187 Å². The van der Waals surface area contributed by atoms with E-state index >= 15 is 0 Å². The summed E-state index contributed by atoms with van der Waals surface area (Å²) in [5.74, 6) is -13.3. The fourth-order valence-electron chi connectivity index (χ4n) is 9.05. The van der Waals surface area contributed by atoms with Gasteiger partial charge in [0, 0.05) is 17.5 Å². The predicted octanol–water partition coefficient (Wildman–Crippen LogP) is 4.32. The SMILES string of the molecule is CC(C)[C@H]1C(O)[C@@H](C(=O)NC(F)(F)F)C(=O)[C@]2(O)C(O)[C@H]3C(=O)c4c(O)c(C(F)(F)F)cc(-c5cccc([N+](=O)[O-])c5)c4C[C@]3(C)C[C@]12C. The number of hydrogen-bond acceptors (Lipinski definition) is 9. The molecular formula is C32H32F6N2O9. The molecule has 0 heterocycles. The van der Waals surface area contributed by atoms with Crippen LogP contribution < -0.4 is 5.32 Å². The summed E-state index contributed by atoms with van der Waals surface area (Å²) in [5.41, 5.74) is -10.4. The Bertz CT molecular complexity index is 1780. The molecule has 2 aromatic carbocycles. The zero-order valence-electron chi connectivity index (χ0n) is 26.3. The molecule has 8 atom stereocenters. The molecular weight excluding hydrogens is 670 g/mol. The van der Waals surface area contributed by atoms with Gasteiger partial charge in [0.2, 0.25) is 5.91 Å². The summed E-state index contributed by atoms with van der Waals surface area (Å²) >= 11 is 0. The Hall–Kier alpha value is -4.09. The monoisotopic (exact) mass is 702 g/mol. The molecule has 1 amide bonds. The van der Waals surface area contributed by atoms with E-state index in [1.807, 2.05) is 0 Å². The molecule has 0 spiro atoms. The molecule has 0 aromatic heterocycles. The van der Waals surface area contributed by atoms with E-state index in [1.165, 1.54) is 39.8 Å². The van der Waals surface area contributed by atoms with Gasteiger partial charge >= 0.3 is 12.5 Å². The lowest BCUT2D eigenvalue weighted by Crippen LogP contribution is -2.79. The number of aliphatic hydroxyl groups is 3. The molecule has 2 fully saturated rings. The van der Waals surface area contributed by atoms with Crippen LogP contribution in [-0.4, -0.2) is 66.9 Å². The standard InChI is InChI=1S/C32H32F6N2O9/c1-12(2)20-24(43)19(27(46)39-32(36,37)38)25(44)30(47)26(45)21-23(42)18-16(10-28(21,3)11-29(20,30)4)15(9-17(22(18)41)31(33,34)35)13-6-5-7-14(8-13)40(48)49/h5-9,12,19-21,24,26,41,43,45,47H,10-11H2,1-4H3,(H,39,46)/t19-,20+,21-,24?,26?,28-,29-,30+/m1/s1. The Morgan fingerprint density at radius 2 is 1.69 bits per heavy atom. The van der Waals surface area contributed by atoms with Crippen molar-refractivity contribution in [1.82, 2.24) is 5.32 Å². The number of nitro groups is 1. The number of nitrogens with one attached hydrogen (secondary N) is 1. The van der Waals surface area contributed by atoms with Crippen LogP contribution in [0.1, 0.15) is 55.6 Å². The van der Waals surface area contributed by atoms with Gasteiger partial charge in [0.15, 0.2) is 17.2 Å². The van der Waals surface area contributed by atoms with Crippen LogP contribution in [0.2, 0.25) is 0 Å². The Labute approximate surface area is 274 Å². The lowest BCUT2D eigenvalue weighted by Gasteiger charge is -2.66. The lowest BCUT2D eigenvalue weighted by atomic mass is 9.39. The number of nitrogens with zero attached hydrogens (tertiary/aromatic N) is 1. The third kappa shape index (κ3) is 5.28. The van der Waals surface area contributed by atoms with Crippen molar-refractivity contribution < 1.29 is 66.1 Å². The van der Waals surface area contributed by atoms with E-state index in [-0.39, 0.29) is 16.7 Å². The minimum atomic E-state index is -5.36. The number of Topliss-reactive ketones (excluding diaryl/α,β-unsaturated/α-hetero) is 2. The average molecular weight is 703 g/mol. The highest BCUT2D eigenvalue weighted by atomic mass is 19.4. The zero-order chi connectivity index (χ0) is 37.0. The fourth-order valence-corrected chi connectivity index (χ4v) is 9.05. The molecule has 0 saturated heterocycles. The van der Waals surface area contributed by atoms with Crippen LogP contribution >= 0.6 is 0 Å². The molecule has 17 heteroatoms. The first-order chi connectivity index (χ1) is 22.3. The number of halogens is 6. The van der Waals surface area contributed by atoms with Gasteiger partial charge in [-0.1, -0.05) is 39.8 Å². The number of aromatic hydroxyl groups is 1. The van der Waals surface area contributed by atoms with E-state index < -0.39 is 123 Å². The number of amides is 1. The molecule has 2 unspecified atom stereocenters. The molecule has 0 radical (unpaired) electrons. The first-order valence-electron chi connectivity index (χ1n) is 15.1. The number of rotatable bonds is 4. The van der Waals surface area contributed by atoms with Gasteiger partial charge in [0.1, 0.15) is 17.8 Å². The van der Waals surface area contributed by atoms with Gasteiger partial charge in [-0.25, -0.2) is 0 Å². The van der Waals surface area contributed by atoms with Gasteiger partial charge < -0.3 is 20.4 Å². The number of ketones is 2. The summed E-state index contributed by atoms with van der Waals surface area (Å²) in [6.45, 7) is 5.68. The van der Waals surface area contributed by atoms with E-state index in [4.69, 9.17) is 0 Å². The summed E-state index contributed by atoms with van der Waals surface area (Å²) < 4.78 is 82.3. The number of non-ortho nitro benzene ring substituents is 1. The lowest BCUT2D eigenvalue weighted by molar-refractivity contribution is -0.384. The number of phenolic OH excluding ortho intramolecular Hbond substituents is 1. The number of nitro benzene ring substituents is 1. The molecule has 0 bridgehead atoms. The first-order valence-corrected chi connectivity index (χ1v) is 15.1. The highest BCUT2D eigenvalue weighted by Crippen LogP contribution is 2.66.